The second-order valence-corrected chi connectivity index (χ2v) is 5.88. The lowest BCUT2D eigenvalue weighted by Gasteiger charge is -2.24. The minimum Gasteiger partial charge on any atom is -0.383 e. The first kappa shape index (κ1) is 14.9. The Morgan fingerprint density at radius 1 is 1.18 bits per heavy atom. The van der Waals surface area contributed by atoms with Gasteiger partial charge >= 0.3 is 6.03 Å². The number of anilines is 1. The van der Waals surface area contributed by atoms with Crippen molar-refractivity contribution < 1.29 is 9.90 Å². The highest BCUT2D eigenvalue weighted by atomic mass is 35.5. The highest BCUT2D eigenvalue weighted by molar-refractivity contribution is 6.33. The van der Waals surface area contributed by atoms with Gasteiger partial charge < -0.3 is 15.7 Å². The van der Waals surface area contributed by atoms with Gasteiger partial charge in [-0.3, -0.25) is 0 Å². The number of carbonyl (C=O) groups excluding carboxylic acids is 1. The first-order valence-corrected chi connectivity index (χ1v) is 7.56. The minimum atomic E-state index is -1.01. The fourth-order valence-electron chi connectivity index (χ4n) is 2.81. The monoisotopic (exact) mass is 316 g/mol. The summed E-state index contributed by atoms with van der Waals surface area (Å²) < 4.78 is 0. The first-order chi connectivity index (χ1) is 10.6. The van der Waals surface area contributed by atoms with Crippen molar-refractivity contribution in [3.05, 3.63) is 64.7 Å². The van der Waals surface area contributed by atoms with Gasteiger partial charge in [0.15, 0.2) is 0 Å². The maximum Gasteiger partial charge on any atom is 0.319 e. The van der Waals surface area contributed by atoms with Crippen LogP contribution in [0.2, 0.25) is 5.02 Å². The van der Waals surface area contributed by atoms with E-state index < -0.39 is 5.60 Å². The lowest BCUT2D eigenvalue weighted by molar-refractivity contribution is 0.0417. The van der Waals surface area contributed by atoms with Crippen LogP contribution in [0.4, 0.5) is 10.5 Å². The molecule has 2 amide bonds. The number of benzene rings is 2. The summed E-state index contributed by atoms with van der Waals surface area (Å²) in [5.41, 5.74) is 1.57. The van der Waals surface area contributed by atoms with Crippen molar-refractivity contribution in [1.82, 2.24) is 5.32 Å². The molecule has 0 unspecified atom stereocenters. The molecule has 114 valence electrons. The lowest BCUT2D eigenvalue weighted by Crippen LogP contribution is -2.41. The topological polar surface area (TPSA) is 61.4 Å². The molecule has 0 saturated carbocycles. The highest BCUT2D eigenvalue weighted by Crippen LogP contribution is 2.36. The van der Waals surface area contributed by atoms with Crippen LogP contribution in [-0.4, -0.2) is 17.7 Å². The zero-order chi connectivity index (χ0) is 15.6. The van der Waals surface area contributed by atoms with Crippen LogP contribution in [0.5, 0.6) is 0 Å². The number of para-hydroxylation sites is 1. The Morgan fingerprint density at radius 3 is 2.73 bits per heavy atom. The van der Waals surface area contributed by atoms with E-state index in [9.17, 15) is 9.90 Å². The molecule has 5 heteroatoms. The molecule has 0 spiro atoms. The Kier molecular flexibility index (Phi) is 4.05. The highest BCUT2D eigenvalue weighted by Gasteiger charge is 2.36. The maximum atomic E-state index is 12.0. The molecule has 22 heavy (non-hydrogen) atoms. The van der Waals surface area contributed by atoms with Gasteiger partial charge in [0.2, 0.25) is 0 Å². The SMILES string of the molecule is O=C(NC[C@@]1(O)CCc2ccccc21)Nc1ccccc1Cl. The van der Waals surface area contributed by atoms with Crippen molar-refractivity contribution in [2.75, 3.05) is 11.9 Å². The largest absolute Gasteiger partial charge is 0.383 e. The summed E-state index contributed by atoms with van der Waals surface area (Å²) >= 11 is 6.00. The van der Waals surface area contributed by atoms with E-state index in [1.165, 1.54) is 0 Å². The van der Waals surface area contributed by atoms with Crippen LogP contribution in [0.1, 0.15) is 17.5 Å². The van der Waals surface area contributed by atoms with Crippen molar-refractivity contribution >= 4 is 23.3 Å². The quantitative estimate of drug-likeness (QED) is 0.813. The first-order valence-electron chi connectivity index (χ1n) is 7.19. The number of nitrogens with one attached hydrogen (secondary N) is 2. The third-order valence-corrected chi connectivity index (χ3v) is 4.32. The third kappa shape index (κ3) is 2.93. The standard InChI is InChI=1S/C17H17ClN2O2/c18-14-7-3-4-8-15(14)20-16(21)19-11-17(22)10-9-12-5-1-2-6-13(12)17/h1-8,22H,9-11H2,(H2,19,20,21)/t17-/m0/s1. The number of aryl methyl sites for hydroxylation is 1. The number of hydrogen-bond acceptors (Lipinski definition) is 2. The van der Waals surface area contributed by atoms with Gasteiger partial charge in [-0.15, -0.1) is 0 Å². The number of halogens is 1. The maximum absolute atomic E-state index is 12.0. The van der Waals surface area contributed by atoms with Gasteiger partial charge in [-0.1, -0.05) is 48.0 Å². The molecule has 2 aromatic rings. The molecule has 1 aliphatic rings. The molecule has 3 rings (SSSR count). The number of carbonyl (C=O) groups is 1. The molecule has 0 aromatic heterocycles. The van der Waals surface area contributed by atoms with Gasteiger partial charge in [-0.25, -0.2) is 4.79 Å². The molecule has 0 bridgehead atoms. The Balaban J connectivity index is 1.63. The fraction of sp³-hybridized carbons (Fsp3) is 0.235. The van der Waals surface area contributed by atoms with E-state index >= 15 is 0 Å². The molecular weight excluding hydrogens is 300 g/mol. The summed E-state index contributed by atoms with van der Waals surface area (Å²) in [6.07, 6.45) is 1.43. The van der Waals surface area contributed by atoms with E-state index in [0.717, 1.165) is 17.5 Å². The Morgan fingerprint density at radius 2 is 1.91 bits per heavy atom. The van der Waals surface area contributed by atoms with Crippen molar-refractivity contribution in [3.8, 4) is 0 Å². The van der Waals surface area contributed by atoms with Gasteiger partial charge in [0.1, 0.15) is 5.60 Å². The molecule has 0 fully saturated rings. The zero-order valence-electron chi connectivity index (χ0n) is 12.0. The van der Waals surface area contributed by atoms with E-state index in [1.807, 2.05) is 24.3 Å². The number of urea groups is 1. The van der Waals surface area contributed by atoms with Crippen LogP contribution in [0, 0.1) is 0 Å². The third-order valence-electron chi connectivity index (χ3n) is 3.99. The molecule has 0 radical (unpaired) electrons. The number of rotatable bonds is 3. The normalized spacial score (nSPS) is 19.5. The average Bonchev–Trinajstić information content (AvgIpc) is 2.86. The van der Waals surface area contributed by atoms with E-state index in [2.05, 4.69) is 10.6 Å². The van der Waals surface area contributed by atoms with Crippen LogP contribution in [0.15, 0.2) is 48.5 Å². The Hall–Kier alpha value is -2.04. The summed E-state index contributed by atoms with van der Waals surface area (Å²) in [4.78, 5) is 12.0. The van der Waals surface area contributed by atoms with Crippen LogP contribution in [0.3, 0.4) is 0 Å². The molecule has 3 N–H and O–H groups in total. The summed E-state index contributed by atoms with van der Waals surface area (Å²) in [5, 5.41) is 16.6. The smallest absolute Gasteiger partial charge is 0.319 e. The second kappa shape index (κ2) is 5.99. The van der Waals surface area contributed by atoms with Crippen molar-refractivity contribution in [1.29, 1.82) is 0 Å². The Bertz CT molecular complexity index is 705. The summed E-state index contributed by atoms with van der Waals surface area (Å²) in [7, 11) is 0. The number of amides is 2. The Labute approximate surface area is 134 Å². The molecular formula is C17H17ClN2O2. The van der Waals surface area contributed by atoms with Crippen LogP contribution in [0.25, 0.3) is 0 Å². The summed E-state index contributed by atoms with van der Waals surface area (Å²) in [5.74, 6) is 0. The molecule has 4 nitrogen and oxygen atoms in total. The predicted octanol–water partition coefficient (Wildman–Crippen LogP) is 3.30. The van der Waals surface area contributed by atoms with Gasteiger partial charge in [-0.05, 0) is 36.1 Å². The van der Waals surface area contributed by atoms with Crippen LogP contribution >= 0.6 is 11.6 Å². The zero-order valence-corrected chi connectivity index (χ0v) is 12.7. The predicted molar refractivity (Wildman–Crippen MR) is 87.1 cm³/mol. The van der Waals surface area contributed by atoms with E-state index in [-0.39, 0.29) is 12.6 Å². The van der Waals surface area contributed by atoms with E-state index in [4.69, 9.17) is 11.6 Å². The van der Waals surface area contributed by atoms with E-state index in [0.29, 0.717) is 17.1 Å². The second-order valence-electron chi connectivity index (χ2n) is 5.48. The molecule has 0 heterocycles. The van der Waals surface area contributed by atoms with E-state index in [1.54, 1.807) is 24.3 Å². The molecule has 1 atom stereocenters. The number of fused-ring (bicyclic) bond motifs is 1. The van der Waals surface area contributed by atoms with Gasteiger partial charge in [0.05, 0.1) is 17.3 Å². The van der Waals surface area contributed by atoms with Gasteiger partial charge in [0.25, 0.3) is 0 Å². The van der Waals surface area contributed by atoms with Crippen molar-refractivity contribution in [2.45, 2.75) is 18.4 Å². The summed E-state index contributed by atoms with van der Waals surface area (Å²) in [6, 6.07) is 14.4. The number of hydrogen-bond donors (Lipinski definition) is 3. The van der Waals surface area contributed by atoms with Crippen molar-refractivity contribution in [3.63, 3.8) is 0 Å². The lowest BCUT2D eigenvalue weighted by atomic mass is 9.96. The molecule has 2 aromatic carbocycles. The summed E-state index contributed by atoms with van der Waals surface area (Å²) in [6.45, 7) is 0.167. The average molecular weight is 317 g/mol. The van der Waals surface area contributed by atoms with Crippen LogP contribution in [-0.2, 0) is 12.0 Å². The molecule has 0 saturated heterocycles. The molecule has 0 aliphatic heterocycles. The minimum absolute atomic E-state index is 0.167. The van der Waals surface area contributed by atoms with Gasteiger partial charge in [0, 0.05) is 0 Å². The number of aliphatic hydroxyl groups is 1. The van der Waals surface area contributed by atoms with Gasteiger partial charge in [-0.2, -0.15) is 0 Å². The molecule has 1 aliphatic carbocycles. The fourth-order valence-corrected chi connectivity index (χ4v) is 2.99. The van der Waals surface area contributed by atoms with Crippen LogP contribution < -0.4 is 10.6 Å². The van der Waals surface area contributed by atoms with Crippen molar-refractivity contribution in [2.24, 2.45) is 0 Å².